The van der Waals surface area contributed by atoms with Crippen molar-refractivity contribution in [1.29, 1.82) is 0 Å². The Hall–Kier alpha value is -1.18. The first kappa shape index (κ1) is 15.2. The topological polar surface area (TPSA) is 84.2 Å². The van der Waals surface area contributed by atoms with Gasteiger partial charge in [0.25, 0.3) is 0 Å². The standard InChI is InChI=1S/C13H20FN3O2S/c1-13(4-6-16-7-5-13)9-17-12-3-2-10(8-11(12)14)20(15,18)19/h2-3,8,16-17H,4-7,9H2,1H3,(H2,15,18,19). The predicted molar refractivity (Wildman–Crippen MR) is 76.5 cm³/mol. The second-order valence-corrected chi connectivity index (χ2v) is 7.16. The van der Waals surface area contributed by atoms with Gasteiger partial charge in [-0.3, -0.25) is 0 Å². The maximum Gasteiger partial charge on any atom is 0.238 e. The van der Waals surface area contributed by atoms with E-state index in [1.807, 2.05) is 0 Å². The fraction of sp³-hybridized carbons (Fsp3) is 0.538. The molecule has 1 aliphatic heterocycles. The van der Waals surface area contributed by atoms with Gasteiger partial charge in [-0.15, -0.1) is 0 Å². The van der Waals surface area contributed by atoms with Crippen molar-refractivity contribution in [1.82, 2.24) is 5.32 Å². The largest absolute Gasteiger partial charge is 0.382 e. The number of halogens is 1. The molecule has 2 rings (SSSR count). The van der Waals surface area contributed by atoms with E-state index in [1.165, 1.54) is 12.1 Å². The van der Waals surface area contributed by atoms with Crippen molar-refractivity contribution >= 4 is 15.7 Å². The molecule has 1 aromatic rings. The minimum Gasteiger partial charge on any atom is -0.382 e. The van der Waals surface area contributed by atoms with Gasteiger partial charge >= 0.3 is 0 Å². The predicted octanol–water partition coefficient (Wildman–Crippen LogP) is 1.27. The van der Waals surface area contributed by atoms with E-state index in [9.17, 15) is 12.8 Å². The molecule has 1 fully saturated rings. The normalized spacial score (nSPS) is 18.8. The summed E-state index contributed by atoms with van der Waals surface area (Å²) in [5.41, 5.74) is 0.424. The van der Waals surface area contributed by atoms with Crippen molar-refractivity contribution in [3.05, 3.63) is 24.0 Å². The highest BCUT2D eigenvalue weighted by Crippen LogP contribution is 2.29. The van der Waals surface area contributed by atoms with Gasteiger partial charge in [-0.1, -0.05) is 6.92 Å². The molecule has 0 amide bonds. The van der Waals surface area contributed by atoms with Gasteiger partial charge in [-0.2, -0.15) is 0 Å². The summed E-state index contributed by atoms with van der Waals surface area (Å²) in [5.74, 6) is -0.603. The van der Waals surface area contributed by atoms with E-state index in [4.69, 9.17) is 5.14 Å². The van der Waals surface area contributed by atoms with Crippen LogP contribution in [0.2, 0.25) is 0 Å². The van der Waals surface area contributed by atoms with Gasteiger partial charge in [0.05, 0.1) is 10.6 Å². The molecule has 7 heteroatoms. The van der Waals surface area contributed by atoms with Crippen LogP contribution < -0.4 is 15.8 Å². The SMILES string of the molecule is CC1(CNc2ccc(S(N)(=O)=O)cc2F)CCNCC1. The molecule has 1 heterocycles. The van der Waals surface area contributed by atoms with Crippen LogP contribution in [-0.2, 0) is 10.0 Å². The molecule has 0 saturated carbocycles. The number of anilines is 1. The van der Waals surface area contributed by atoms with Crippen molar-refractivity contribution in [3.8, 4) is 0 Å². The van der Waals surface area contributed by atoms with E-state index in [2.05, 4.69) is 17.6 Å². The third kappa shape index (κ3) is 3.68. The zero-order valence-electron chi connectivity index (χ0n) is 11.4. The Kier molecular flexibility index (Phi) is 4.31. The maximum absolute atomic E-state index is 13.9. The molecule has 5 nitrogen and oxygen atoms in total. The zero-order valence-corrected chi connectivity index (χ0v) is 12.3. The number of hydrogen-bond acceptors (Lipinski definition) is 4. The summed E-state index contributed by atoms with van der Waals surface area (Å²) in [7, 11) is -3.87. The molecule has 112 valence electrons. The molecule has 1 aromatic carbocycles. The summed E-state index contributed by atoms with van der Waals surface area (Å²) >= 11 is 0. The van der Waals surface area contributed by atoms with Gasteiger partial charge in [-0.25, -0.2) is 17.9 Å². The molecule has 20 heavy (non-hydrogen) atoms. The smallest absolute Gasteiger partial charge is 0.238 e. The third-order valence-electron chi connectivity index (χ3n) is 3.79. The number of nitrogens with one attached hydrogen (secondary N) is 2. The average molecular weight is 301 g/mol. The Morgan fingerprint density at radius 2 is 2.05 bits per heavy atom. The number of benzene rings is 1. The van der Waals surface area contributed by atoms with Crippen LogP contribution in [0.25, 0.3) is 0 Å². The molecule has 0 radical (unpaired) electrons. The highest BCUT2D eigenvalue weighted by atomic mass is 32.2. The van der Waals surface area contributed by atoms with Crippen LogP contribution in [0.4, 0.5) is 10.1 Å². The molecular weight excluding hydrogens is 281 g/mol. The monoisotopic (exact) mass is 301 g/mol. The Bertz CT molecular complexity index is 583. The van der Waals surface area contributed by atoms with Gasteiger partial charge in [0.1, 0.15) is 5.82 Å². The van der Waals surface area contributed by atoms with E-state index >= 15 is 0 Å². The van der Waals surface area contributed by atoms with Crippen molar-refractivity contribution in [2.45, 2.75) is 24.7 Å². The highest BCUT2D eigenvalue weighted by molar-refractivity contribution is 7.89. The van der Waals surface area contributed by atoms with Crippen LogP contribution >= 0.6 is 0 Å². The van der Waals surface area contributed by atoms with Crippen LogP contribution in [0.3, 0.4) is 0 Å². The molecule has 0 aromatic heterocycles. The van der Waals surface area contributed by atoms with Gasteiger partial charge < -0.3 is 10.6 Å². The van der Waals surface area contributed by atoms with Crippen LogP contribution in [0.1, 0.15) is 19.8 Å². The first-order valence-electron chi connectivity index (χ1n) is 6.57. The molecule has 0 unspecified atom stereocenters. The first-order chi connectivity index (χ1) is 9.30. The molecule has 0 aliphatic carbocycles. The number of primary sulfonamides is 1. The lowest BCUT2D eigenvalue weighted by molar-refractivity contribution is 0.247. The lowest BCUT2D eigenvalue weighted by Gasteiger charge is -2.34. The minimum absolute atomic E-state index is 0.121. The number of hydrogen-bond donors (Lipinski definition) is 3. The number of rotatable bonds is 4. The lowest BCUT2D eigenvalue weighted by Crippen LogP contribution is -2.39. The van der Waals surface area contributed by atoms with E-state index in [0.29, 0.717) is 12.2 Å². The summed E-state index contributed by atoms with van der Waals surface area (Å²) in [6.07, 6.45) is 2.05. The van der Waals surface area contributed by atoms with E-state index in [0.717, 1.165) is 32.0 Å². The van der Waals surface area contributed by atoms with Crippen molar-refractivity contribution in [3.63, 3.8) is 0 Å². The van der Waals surface area contributed by atoms with E-state index in [1.54, 1.807) is 0 Å². The third-order valence-corrected chi connectivity index (χ3v) is 4.70. The minimum atomic E-state index is -3.87. The Labute approximate surface area is 118 Å². The highest BCUT2D eigenvalue weighted by Gasteiger charge is 2.26. The molecule has 0 bridgehead atoms. The molecular formula is C13H20FN3O2S. The quantitative estimate of drug-likeness (QED) is 0.782. The summed E-state index contributed by atoms with van der Waals surface area (Å²) < 4.78 is 36.1. The van der Waals surface area contributed by atoms with E-state index < -0.39 is 15.8 Å². The second-order valence-electron chi connectivity index (χ2n) is 5.60. The molecule has 0 atom stereocenters. The summed E-state index contributed by atoms with van der Waals surface area (Å²) in [5, 5.41) is 11.3. The lowest BCUT2D eigenvalue weighted by atomic mass is 9.81. The van der Waals surface area contributed by atoms with Gasteiger partial charge in [0, 0.05) is 6.54 Å². The van der Waals surface area contributed by atoms with Gasteiger partial charge in [0.15, 0.2) is 0 Å². The van der Waals surface area contributed by atoms with Crippen molar-refractivity contribution in [2.75, 3.05) is 25.0 Å². The molecule has 0 spiro atoms. The second kappa shape index (κ2) is 5.67. The van der Waals surface area contributed by atoms with Crippen LogP contribution in [0.5, 0.6) is 0 Å². The first-order valence-corrected chi connectivity index (χ1v) is 8.12. The number of nitrogens with two attached hydrogens (primary N) is 1. The molecule has 1 aliphatic rings. The van der Waals surface area contributed by atoms with Crippen molar-refractivity contribution < 1.29 is 12.8 Å². The maximum atomic E-state index is 13.9. The van der Waals surface area contributed by atoms with Crippen LogP contribution in [0.15, 0.2) is 23.1 Å². The van der Waals surface area contributed by atoms with Crippen LogP contribution in [0, 0.1) is 11.2 Å². The number of piperidine rings is 1. The molecule has 4 N–H and O–H groups in total. The summed E-state index contributed by atoms with van der Waals surface area (Å²) in [6.45, 7) is 4.74. The Morgan fingerprint density at radius 3 is 2.60 bits per heavy atom. The summed E-state index contributed by atoms with van der Waals surface area (Å²) in [4.78, 5) is -0.214. The summed E-state index contributed by atoms with van der Waals surface area (Å²) in [6, 6.07) is 3.67. The van der Waals surface area contributed by atoms with Gasteiger partial charge in [0.2, 0.25) is 10.0 Å². The fourth-order valence-corrected chi connectivity index (χ4v) is 2.86. The van der Waals surface area contributed by atoms with Gasteiger partial charge in [-0.05, 0) is 49.5 Å². The molecule has 1 saturated heterocycles. The zero-order chi connectivity index (χ0) is 14.8. The van der Waals surface area contributed by atoms with Crippen molar-refractivity contribution in [2.24, 2.45) is 10.6 Å². The number of sulfonamides is 1. The average Bonchev–Trinajstić information content (AvgIpc) is 2.37. The fourth-order valence-electron chi connectivity index (χ4n) is 2.33. The van der Waals surface area contributed by atoms with E-state index in [-0.39, 0.29) is 10.3 Å². The Balaban J connectivity index is 2.07. The Morgan fingerprint density at radius 1 is 1.40 bits per heavy atom. The van der Waals surface area contributed by atoms with Crippen LogP contribution in [-0.4, -0.2) is 28.1 Å².